The number of hydrogen-bond donors (Lipinski definition) is 1. The van der Waals surface area contributed by atoms with Gasteiger partial charge in [0, 0.05) is 13.1 Å². The molecule has 0 bridgehead atoms. The van der Waals surface area contributed by atoms with Gasteiger partial charge >= 0.3 is 0 Å². The van der Waals surface area contributed by atoms with Crippen molar-refractivity contribution in [3.05, 3.63) is 15.6 Å². The van der Waals surface area contributed by atoms with Crippen LogP contribution in [0.2, 0.25) is 0 Å². The van der Waals surface area contributed by atoms with Crippen LogP contribution in [0, 0.1) is 13.8 Å². The van der Waals surface area contributed by atoms with Gasteiger partial charge in [-0.3, -0.25) is 9.59 Å². The minimum Gasteiger partial charge on any atom is -0.378 e. The first kappa shape index (κ1) is 14.9. The van der Waals surface area contributed by atoms with E-state index in [4.69, 9.17) is 4.74 Å². The molecule has 1 fully saturated rings. The average Bonchev–Trinajstić information content (AvgIpc) is 2.78. The van der Waals surface area contributed by atoms with Crippen molar-refractivity contribution >= 4 is 23.2 Å². The van der Waals surface area contributed by atoms with Gasteiger partial charge in [-0.05, 0) is 20.8 Å². The van der Waals surface area contributed by atoms with Crippen LogP contribution in [0.25, 0.3) is 0 Å². The Hall–Kier alpha value is -1.47. The fourth-order valence-electron chi connectivity index (χ4n) is 2.12. The number of rotatable bonds is 3. The van der Waals surface area contributed by atoms with Gasteiger partial charge in [0.2, 0.25) is 5.91 Å². The summed E-state index contributed by atoms with van der Waals surface area (Å²) >= 11 is 1.34. The lowest BCUT2D eigenvalue weighted by Crippen LogP contribution is -2.50. The predicted molar refractivity (Wildman–Crippen MR) is 75.9 cm³/mol. The molecule has 0 aliphatic carbocycles. The second kappa shape index (κ2) is 6.32. The molecule has 1 saturated heterocycles. The van der Waals surface area contributed by atoms with E-state index in [1.54, 1.807) is 18.7 Å². The van der Waals surface area contributed by atoms with Crippen molar-refractivity contribution in [2.45, 2.75) is 26.8 Å². The molecule has 0 radical (unpaired) electrons. The Bertz CT molecular complexity index is 509. The lowest BCUT2D eigenvalue weighted by molar-refractivity contribution is -0.136. The van der Waals surface area contributed by atoms with E-state index in [1.165, 1.54) is 11.3 Å². The average molecular weight is 297 g/mol. The number of ether oxygens (including phenoxy) is 1. The minimum atomic E-state index is -0.539. The number of hydrogen-bond acceptors (Lipinski definition) is 5. The highest BCUT2D eigenvalue weighted by Gasteiger charge is 2.25. The number of amides is 2. The first-order valence-electron chi connectivity index (χ1n) is 6.60. The van der Waals surface area contributed by atoms with Crippen molar-refractivity contribution in [1.82, 2.24) is 15.2 Å². The molecule has 0 spiro atoms. The summed E-state index contributed by atoms with van der Waals surface area (Å²) in [5.41, 5.74) is 0.705. The molecule has 0 saturated carbocycles. The highest BCUT2D eigenvalue weighted by molar-refractivity contribution is 7.13. The minimum absolute atomic E-state index is 0.0689. The van der Waals surface area contributed by atoms with Crippen LogP contribution in [-0.2, 0) is 9.53 Å². The highest BCUT2D eigenvalue weighted by atomic mass is 32.1. The van der Waals surface area contributed by atoms with Gasteiger partial charge in [0.15, 0.2) is 0 Å². The molecule has 6 nitrogen and oxygen atoms in total. The van der Waals surface area contributed by atoms with E-state index in [2.05, 4.69) is 10.3 Å². The first-order chi connectivity index (χ1) is 9.49. The maximum atomic E-state index is 12.2. The van der Waals surface area contributed by atoms with Gasteiger partial charge in [-0.2, -0.15) is 0 Å². The summed E-state index contributed by atoms with van der Waals surface area (Å²) in [6.07, 6.45) is 0. The number of morpholine rings is 1. The van der Waals surface area contributed by atoms with E-state index in [1.807, 2.05) is 6.92 Å². The first-order valence-corrected chi connectivity index (χ1v) is 7.42. The van der Waals surface area contributed by atoms with Gasteiger partial charge in [-0.1, -0.05) is 0 Å². The Labute approximate surface area is 122 Å². The second-order valence-corrected chi connectivity index (χ2v) is 5.98. The Balaban J connectivity index is 1.96. The third kappa shape index (κ3) is 3.34. The molecular formula is C13H19N3O3S. The molecule has 1 unspecified atom stereocenters. The van der Waals surface area contributed by atoms with Crippen LogP contribution in [0.15, 0.2) is 0 Å². The van der Waals surface area contributed by atoms with Crippen molar-refractivity contribution in [3.8, 4) is 0 Å². The van der Waals surface area contributed by atoms with Crippen LogP contribution >= 0.6 is 11.3 Å². The van der Waals surface area contributed by atoms with Gasteiger partial charge in [0.05, 0.1) is 23.9 Å². The molecule has 2 rings (SSSR count). The summed E-state index contributed by atoms with van der Waals surface area (Å²) in [6, 6.07) is -0.539. The third-order valence-electron chi connectivity index (χ3n) is 3.15. The van der Waals surface area contributed by atoms with Crippen LogP contribution in [0.5, 0.6) is 0 Å². The molecule has 20 heavy (non-hydrogen) atoms. The van der Waals surface area contributed by atoms with E-state index in [0.717, 1.165) is 5.01 Å². The molecule has 2 amide bonds. The molecule has 7 heteroatoms. The standard InChI is InChI=1S/C13H19N3O3S/c1-8-11(20-10(3)14-8)12(17)15-9(2)13(18)16-4-6-19-7-5-16/h9H,4-7H2,1-3H3,(H,15,17). The number of aromatic nitrogens is 1. The zero-order valence-corrected chi connectivity index (χ0v) is 12.7. The molecule has 110 valence electrons. The van der Waals surface area contributed by atoms with E-state index in [9.17, 15) is 9.59 Å². The lowest BCUT2D eigenvalue weighted by atomic mass is 10.2. The van der Waals surface area contributed by atoms with Crippen molar-refractivity contribution in [1.29, 1.82) is 0 Å². The lowest BCUT2D eigenvalue weighted by Gasteiger charge is -2.29. The number of nitrogens with one attached hydrogen (secondary N) is 1. The van der Waals surface area contributed by atoms with Crippen LogP contribution in [0.1, 0.15) is 27.3 Å². The summed E-state index contributed by atoms with van der Waals surface area (Å²) in [7, 11) is 0. The number of carbonyl (C=O) groups excluding carboxylic acids is 2. The fourth-order valence-corrected chi connectivity index (χ4v) is 2.95. The number of aryl methyl sites for hydroxylation is 2. The topological polar surface area (TPSA) is 71.5 Å². The summed E-state index contributed by atoms with van der Waals surface area (Å²) in [5.74, 6) is -0.303. The fraction of sp³-hybridized carbons (Fsp3) is 0.615. The molecule has 1 aromatic heterocycles. The van der Waals surface area contributed by atoms with Crippen molar-refractivity contribution in [3.63, 3.8) is 0 Å². The van der Waals surface area contributed by atoms with Gasteiger partial charge in [0.1, 0.15) is 10.9 Å². The van der Waals surface area contributed by atoms with E-state index < -0.39 is 6.04 Å². The monoisotopic (exact) mass is 297 g/mol. The zero-order valence-electron chi connectivity index (χ0n) is 11.9. The largest absolute Gasteiger partial charge is 0.378 e. The van der Waals surface area contributed by atoms with Gasteiger partial charge < -0.3 is 15.0 Å². The maximum absolute atomic E-state index is 12.2. The SMILES string of the molecule is Cc1nc(C)c(C(=O)NC(C)C(=O)N2CCOCC2)s1. The highest BCUT2D eigenvalue weighted by Crippen LogP contribution is 2.17. The summed E-state index contributed by atoms with van der Waals surface area (Å²) in [6.45, 7) is 7.64. The summed E-state index contributed by atoms with van der Waals surface area (Å²) in [4.78, 5) is 30.9. The molecule has 2 heterocycles. The molecule has 0 aromatic carbocycles. The van der Waals surface area contributed by atoms with Gasteiger partial charge in [-0.25, -0.2) is 4.98 Å². The van der Waals surface area contributed by atoms with Crippen LogP contribution in [0.4, 0.5) is 0 Å². The molecule has 1 N–H and O–H groups in total. The molecule has 1 aliphatic rings. The van der Waals surface area contributed by atoms with Gasteiger partial charge in [0.25, 0.3) is 5.91 Å². The number of carbonyl (C=O) groups is 2. The van der Waals surface area contributed by atoms with Crippen LogP contribution in [-0.4, -0.2) is 54.0 Å². The van der Waals surface area contributed by atoms with Crippen molar-refractivity contribution in [2.24, 2.45) is 0 Å². The Morgan fingerprint density at radius 1 is 1.35 bits per heavy atom. The Kier molecular flexibility index (Phi) is 4.72. The Morgan fingerprint density at radius 3 is 2.55 bits per heavy atom. The van der Waals surface area contributed by atoms with E-state index in [-0.39, 0.29) is 11.8 Å². The third-order valence-corrected chi connectivity index (χ3v) is 4.22. The van der Waals surface area contributed by atoms with Gasteiger partial charge in [-0.15, -0.1) is 11.3 Å². The summed E-state index contributed by atoms with van der Waals surface area (Å²) in [5, 5.41) is 3.59. The summed E-state index contributed by atoms with van der Waals surface area (Å²) < 4.78 is 5.21. The van der Waals surface area contributed by atoms with E-state index >= 15 is 0 Å². The zero-order chi connectivity index (χ0) is 14.7. The smallest absolute Gasteiger partial charge is 0.263 e. The van der Waals surface area contributed by atoms with E-state index in [0.29, 0.717) is 36.9 Å². The second-order valence-electron chi connectivity index (χ2n) is 4.78. The van der Waals surface area contributed by atoms with Crippen molar-refractivity contribution < 1.29 is 14.3 Å². The molecule has 1 aliphatic heterocycles. The normalized spacial score (nSPS) is 16.9. The number of thiazole rings is 1. The quantitative estimate of drug-likeness (QED) is 0.893. The van der Waals surface area contributed by atoms with Crippen LogP contribution < -0.4 is 5.32 Å². The molecule has 1 aromatic rings. The van der Waals surface area contributed by atoms with Crippen molar-refractivity contribution in [2.75, 3.05) is 26.3 Å². The Morgan fingerprint density at radius 2 is 2.00 bits per heavy atom. The van der Waals surface area contributed by atoms with Crippen LogP contribution in [0.3, 0.4) is 0 Å². The molecule has 1 atom stereocenters. The maximum Gasteiger partial charge on any atom is 0.263 e. The predicted octanol–water partition coefficient (Wildman–Crippen LogP) is 0.737. The molecular weight excluding hydrogens is 278 g/mol. The number of nitrogens with zero attached hydrogens (tertiary/aromatic N) is 2.